The van der Waals surface area contributed by atoms with Crippen LogP contribution in [0.15, 0.2) is 18.3 Å². The van der Waals surface area contributed by atoms with Crippen molar-refractivity contribution < 1.29 is 0 Å². The Kier molecular flexibility index (Phi) is 4.46. The van der Waals surface area contributed by atoms with Gasteiger partial charge in [0, 0.05) is 31.5 Å². The van der Waals surface area contributed by atoms with Gasteiger partial charge in [0.25, 0.3) is 0 Å². The topological polar surface area (TPSA) is 28.2 Å². The number of likely N-dealkylation sites (tertiary alicyclic amines) is 1. The highest BCUT2D eigenvalue weighted by Crippen LogP contribution is 2.33. The summed E-state index contributed by atoms with van der Waals surface area (Å²) < 4.78 is 0. The maximum absolute atomic E-state index is 4.49. The van der Waals surface area contributed by atoms with Gasteiger partial charge >= 0.3 is 0 Å². The third kappa shape index (κ3) is 3.93. The zero-order valence-corrected chi connectivity index (χ0v) is 12.7. The maximum Gasteiger partial charge on any atom is 0.0564 e. The van der Waals surface area contributed by atoms with Crippen molar-refractivity contribution in [3.05, 3.63) is 24.0 Å². The highest BCUT2D eigenvalue weighted by molar-refractivity contribution is 5.42. The van der Waals surface area contributed by atoms with Gasteiger partial charge in [-0.25, -0.2) is 0 Å². The first kappa shape index (κ1) is 14.3. The molecular formula is C16H27N3. The van der Waals surface area contributed by atoms with E-state index >= 15 is 0 Å². The second-order valence-corrected chi connectivity index (χ2v) is 6.65. The molecule has 19 heavy (non-hydrogen) atoms. The molecule has 0 aromatic carbocycles. The Hall–Kier alpha value is -1.09. The van der Waals surface area contributed by atoms with E-state index in [4.69, 9.17) is 0 Å². The zero-order chi connectivity index (χ0) is 13.9. The van der Waals surface area contributed by atoms with E-state index in [2.05, 4.69) is 49.0 Å². The van der Waals surface area contributed by atoms with Crippen LogP contribution in [0.1, 0.15) is 39.8 Å². The minimum atomic E-state index is 0.424. The van der Waals surface area contributed by atoms with Crippen molar-refractivity contribution >= 4 is 5.69 Å². The van der Waals surface area contributed by atoms with Gasteiger partial charge in [-0.15, -0.1) is 0 Å². The van der Waals surface area contributed by atoms with Crippen LogP contribution in [0, 0.1) is 11.3 Å². The predicted molar refractivity (Wildman–Crippen MR) is 81.2 cm³/mol. The Labute approximate surface area is 117 Å². The van der Waals surface area contributed by atoms with Crippen LogP contribution < -0.4 is 5.32 Å². The Bertz CT molecular complexity index is 409. The first-order valence-corrected chi connectivity index (χ1v) is 7.40. The van der Waals surface area contributed by atoms with E-state index in [9.17, 15) is 0 Å². The number of anilines is 1. The standard InChI is InChI=1S/C16H27N3/c1-5-17-14-6-8-18-15(10-14)12-19-9-7-13(11-19)16(2,3)4/h6,8,10,13H,5,7,9,11-12H2,1-4H3,(H,17,18). The quantitative estimate of drug-likeness (QED) is 0.900. The first-order chi connectivity index (χ1) is 8.99. The molecule has 2 rings (SSSR count). The molecule has 0 amide bonds. The normalized spacial score (nSPS) is 20.7. The van der Waals surface area contributed by atoms with Crippen LogP contribution in [-0.4, -0.2) is 29.5 Å². The fraction of sp³-hybridized carbons (Fsp3) is 0.688. The van der Waals surface area contributed by atoms with Crippen LogP contribution in [0.5, 0.6) is 0 Å². The minimum Gasteiger partial charge on any atom is -0.385 e. The molecule has 0 saturated carbocycles. The van der Waals surface area contributed by atoms with Crippen LogP contribution in [0.2, 0.25) is 0 Å². The number of hydrogen-bond donors (Lipinski definition) is 1. The molecule has 0 aliphatic carbocycles. The summed E-state index contributed by atoms with van der Waals surface area (Å²) in [5.41, 5.74) is 2.78. The number of nitrogens with zero attached hydrogens (tertiary/aromatic N) is 2. The molecule has 1 atom stereocenters. The van der Waals surface area contributed by atoms with Crippen LogP contribution in [0.4, 0.5) is 5.69 Å². The van der Waals surface area contributed by atoms with Crippen LogP contribution in [-0.2, 0) is 6.54 Å². The van der Waals surface area contributed by atoms with E-state index in [1.807, 2.05) is 12.3 Å². The molecule has 1 aromatic heterocycles. The highest BCUT2D eigenvalue weighted by atomic mass is 15.2. The van der Waals surface area contributed by atoms with Gasteiger partial charge in [-0.3, -0.25) is 9.88 Å². The molecule has 0 radical (unpaired) electrons. The SMILES string of the molecule is CCNc1ccnc(CN2CCC(C(C)(C)C)C2)c1. The summed E-state index contributed by atoms with van der Waals surface area (Å²) in [4.78, 5) is 7.03. The van der Waals surface area contributed by atoms with Gasteiger partial charge in [0.05, 0.1) is 5.69 Å². The third-order valence-corrected chi connectivity index (χ3v) is 4.08. The van der Waals surface area contributed by atoms with Crippen molar-refractivity contribution in [3.8, 4) is 0 Å². The number of aromatic nitrogens is 1. The summed E-state index contributed by atoms with van der Waals surface area (Å²) in [7, 11) is 0. The number of rotatable bonds is 4. The predicted octanol–water partition coefficient (Wildman–Crippen LogP) is 3.38. The van der Waals surface area contributed by atoms with Crippen LogP contribution in [0.3, 0.4) is 0 Å². The second kappa shape index (κ2) is 5.91. The molecule has 1 N–H and O–H groups in total. The van der Waals surface area contributed by atoms with Gasteiger partial charge < -0.3 is 5.32 Å². The van der Waals surface area contributed by atoms with Crippen molar-refractivity contribution in [2.75, 3.05) is 25.0 Å². The molecule has 2 heterocycles. The largest absolute Gasteiger partial charge is 0.385 e. The first-order valence-electron chi connectivity index (χ1n) is 7.40. The smallest absolute Gasteiger partial charge is 0.0564 e. The molecule has 3 nitrogen and oxygen atoms in total. The Morgan fingerprint density at radius 2 is 2.21 bits per heavy atom. The Morgan fingerprint density at radius 3 is 2.84 bits per heavy atom. The van der Waals surface area contributed by atoms with Gasteiger partial charge in [-0.05, 0) is 43.4 Å². The van der Waals surface area contributed by atoms with E-state index in [1.54, 1.807) is 0 Å². The number of hydrogen-bond acceptors (Lipinski definition) is 3. The summed E-state index contributed by atoms with van der Waals surface area (Å²) in [6, 6.07) is 4.21. The van der Waals surface area contributed by atoms with Crippen LogP contribution in [0.25, 0.3) is 0 Å². The molecule has 1 fully saturated rings. The Morgan fingerprint density at radius 1 is 1.42 bits per heavy atom. The minimum absolute atomic E-state index is 0.424. The lowest BCUT2D eigenvalue weighted by Gasteiger charge is -2.27. The van der Waals surface area contributed by atoms with Crippen LogP contribution >= 0.6 is 0 Å². The van der Waals surface area contributed by atoms with E-state index in [1.165, 1.54) is 30.9 Å². The van der Waals surface area contributed by atoms with E-state index in [0.717, 1.165) is 19.0 Å². The summed E-state index contributed by atoms with van der Waals surface area (Å²) in [6.07, 6.45) is 3.22. The molecule has 0 bridgehead atoms. The van der Waals surface area contributed by atoms with Gasteiger partial charge in [-0.1, -0.05) is 20.8 Å². The second-order valence-electron chi connectivity index (χ2n) is 6.65. The lowest BCUT2D eigenvalue weighted by molar-refractivity contribution is 0.225. The lowest BCUT2D eigenvalue weighted by Crippen LogP contribution is -2.26. The van der Waals surface area contributed by atoms with Crippen molar-refractivity contribution in [2.24, 2.45) is 11.3 Å². The third-order valence-electron chi connectivity index (χ3n) is 4.08. The molecule has 1 unspecified atom stereocenters. The molecule has 3 heteroatoms. The zero-order valence-electron chi connectivity index (χ0n) is 12.7. The molecule has 1 aliphatic heterocycles. The molecule has 0 spiro atoms. The lowest BCUT2D eigenvalue weighted by atomic mass is 9.80. The molecule has 106 valence electrons. The average molecular weight is 261 g/mol. The average Bonchev–Trinajstić information content (AvgIpc) is 2.78. The molecule has 1 saturated heterocycles. The highest BCUT2D eigenvalue weighted by Gasteiger charge is 2.31. The number of pyridine rings is 1. The van der Waals surface area contributed by atoms with Gasteiger partial charge in [0.15, 0.2) is 0 Å². The van der Waals surface area contributed by atoms with Gasteiger partial charge in [-0.2, -0.15) is 0 Å². The maximum atomic E-state index is 4.49. The Balaban J connectivity index is 1.93. The van der Waals surface area contributed by atoms with E-state index < -0.39 is 0 Å². The summed E-state index contributed by atoms with van der Waals surface area (Å²) >= 11 is 0. The van der Waals surface area contributed by atoms with E-state index in [-0.39, 0.29) is 0 Å². The van der Waals surface area contributed by atoms with E-state index in [0.29, 0.717) is 5.41 Å². The molecule has 1 aromatic rings. The molecular weight excluding hydrogens is 234 g/mol. The fourth-order valence-corrected chi connectivity index (χ4v) is 2.79. The van der Waals surface area contributed by atoms with Gasteiger partial charge in [0.2, 0.25) is 0 Å². The van der Waals surface area contributed by atoms with Crippen molar-refractivity contribution in [1.29, 1.82) is 0 Å². The molecule has 1 aliphatic rings. The summed E-state index contributed by atoms with van der Waals surface area (Å²) in [5, 5.41) is 3.35. The van der Waals surface area contributed by atoms with Crippen molar-refractivity contribution in [2.45, 2.75) is 40.7 Å². The summed E-state index contributed by atoms with van der Waals surface area (Å²) in [5.74, 6) is 0.810. The van der Waals surface area contributed by atoms with Crippen molar-refractivity contribution in [1.82, 2.24) is 9.88 Å². The fourth-order valence-electron chi connectivity index (χ4n) is 2.79. The number of nitrogens with one attached hydrogen (secondary N) is 1. The monoisotopic (exact) mass is 261 g/mol. The van der Waals surface area contributed by atoms with Crippen molar-refractivity contribution in [3.63, 3.8) is 0 Å². The summed E-state index contributed by atoms with van der Waals surface area (Å²) in [6.45, 7) is 13.5. The van der Waals surface area contributed by atoms with Gasteiger partial charge in [0.1, 0.15) is 0 Å².